The normalized spacial score (nSPS) is 20.9. The second-order valence-electron chi connectivity index (χ2n) is 8.83. The van der Waals surface area contributed by atoms with Crippen molar-refractivity contribution in [2.24, 2.45) is 0 Å². The molecule has 0 saturated carbocycles. The number of rotatable bonds is 7. The molecule has 0 atom stereocenters. The highest BCUT2D eigenvalue weighted by atomic mass is 32.2. The number of anilines is 1. The van der Waals surface area contributed by atoms with Crippen LogP contribution in [0.5, 0.6) is 0 Å². The Hall–Kier alpha value is -1.53. The predicted octanol–water partition coefficient (Wildman–Crippen LogP) is 2.09. The van der Waals surface area contributed by atoms with Crippen LogP contribution in [-0.4, -0.2) is 86.2 Å². The first-order valence-electron chi connectivity index (χ1n) is 12.0. The van der Waals surface area contributed by atoms with Gasteiger partial charge in [0, 0.05) is 44.1 Å². The van der Waals surface area contributed by atoms with Crippen LogP contribution < -0.4 is 5.32 Å². The van der Waals surface area contributed by atoms with E-state index in [4.69, 9.17) is 4.74 Å². The molecule has 1 N–H and O–H groups in total. The summed E-state index contributed by atoms with van der Waals surface area (Å²) in [5.74, 6) is -0.566. The number of hydrogen-bond donors (Lipinski definition) is 1. The summed E-state index contributed by atoms with van der Waals surface area (Å²) in [5, 5.41) is 3.50. The van der Waals surface area contributed by atoms with Gasteiger partial charge in [0.15, 0.2) is 0 Å². The number of hydrogen-bond acceptors (Lipinski definition) is 7. The fraction of sp³-hybridized carbons (Fsp3) is 0.727. The van der Waals surface area contributed by atoms with Gasteiger partial charge in [0.1, 0.15) is 5.00 Å². The first-order valence-corrected chi connectivity index (χ1v) is 14.2. The number of esters is 1. The Morgan fingerprint density at radius 1 is 0.939 bits per heavy atom. The maximum atomic E-state index is 13.0. The van der Waals surface area contributed by atoms with Crippen molar-refractivity contribution in [3.8, 4) is 0 Å². The lowest BCUT2D eigenvalue weighted by molar-refractivity contribution is -0.117. The molecule has 0 unspecified atom stereocenters. The van der Waals surface area contributed by atoms with E-state index < -0.39 is 10.2 Å². The molecular weight excluding hydrogens is 464 g/mol. The summed E-state index contributed by atoms with van der Waals surface area (Å²) in [7, 11) is -3.44. The minimum absolute atomic E-state index is 0.169. The SMILES string of the molecule is CCOC(=O)c1c(NC(=O)CN2CCN(S(=O)(=O)N3CCCCCC3)CC2)sc2c1CCC2. The van der Waals surface area contributed by atoms with Crippen molar-refractivity contribution >= 4 is 38.4 Å². The molecule has 1 aromatic heterocycles. The maximum absolute atomic E-state index is 13.0. The number of fused-ring (bicyclic) bond motifs is 1. The van der Waals surface area contributed by atoms with Gasteiger partial charge in [-0.15, -0.1) is 11.3 Å². The van der Waals surface area contributed by atoms with Gasteiger partial charge in [0.25, 0.3) is 10.2 Å². The van der Waals surface area contributed by atoms with E-state index in [1.165, 1.54) is 11.3 Å². The Labute approximate surface area is 200 Å². The van der Waals surface area contributed by atoms with E-state index in [1.807, 2.05) is 4.90 Å². The second kappa shape index (κ2) is 10.8. The number of nitrogens with one attached hydrogen (secondary N) is 1. The van der Waals surface area contributed by atoms with Crippen LogP contribution in [0.3, 0.4) is 0 Å². The number of piperazine rings is 1. The average molecular weight is 499 g/mol. The maximum Gasteiger partial charge on any atom is 0.341 e. The fourth-order valence-electron chi connectivity index (χ4n) is 4.83. The molecule has 2 aliphatic heterocycles. The van der Waals surface area contributed by atoms with Gasteiger partial charge >= 0.3 is 5.97 Å². The topological polar surface area (TPSA) is 99.3 Å². The van der Waals surface area contributed by atoms with E-state index in [9.17, 15) is 18.0 Å². The summed E-state index contributed by atoms with van der Waals surface area (Å²) in [6.07, 6.45) is 6.78. The molecule has 4 rings (SSSR count). The summed E-state index contributed by atoms with van der Waals surface area (Å²) in [4.78, 5) is 28.4. The van der Waals surface area contributed by atoms with Gasteiger partial charge < -0.3 is 10.1 Å². The summed E-state index contributed by atoms with van der Waals surface area (Å²) < 4.78 is 34.4. The minimum Gasteiger partial charge on any atom is -0.462 e. The first-order chi connectivity index (χ1) is 15.9. The van der Waals surface area contributed by atoms with E-state index in [-0.39, 0.29) is 18.4 Å². The van der Waals surface area contributed by atoms with Crippen molar-refractivity contribution in [1.82, 2.24) is 13.5 Å². The molecule has 1 amide bonds. The van der Waals surface area contributed by atoms with Crippen LogP contribution in [0.4, 0.5) is 5.00 Å². The van der Waals surface area contributed by atoms with Crippen molar-refractivity contribution < 1.29 is 22.7 Å². The average Bonchev–Trinajstić information content (AvgIpc) is 3.23. The van der Waals surface area contributed by atoms with Crippen LogP contribution in [-0.2, 0) is 32.6 Å². The monoisotopic (exact) mass is 498 g/mol. The number of nitrogens with zero attached hydrogens (tertiary/aromatic N) is 3. The van der Waals surface area contributed by atoms with Gasteiger partial charge in [-0.25, -0.2) is 4.79 Å². The third-order valence-electron chi connectivity index (χ3n) is 6.57. The lowest BCUT2D eigenvalue weighted by Crippen LogP contribution is -2.54. The second-order valence-corrected chi connectivity index (χ2v) is 11.9. The van der Waals surface area contributed by atoms with Gasteiger partial charge in [-0.2, -0.15) is 17.0 Å². The lowest BCUT2D eigenvalue weighted by atomic mass is 10.1. The summed E-state index contributed by atoms with van der Waals surface area (Å²) >= 11 is 1.47. The molecule has 0 radical (unpaired) electrons. The molecule has 9 nitrogen and oxygen atoms in total. The number of amides is 1. The highest BCUT2D eigenvalue weighted by Crippen LogP contribution is 2.39. The smallest absolute Gasteiger partial charge is 0.341 e. The quantitative estimate of drug-likeness (QED) is 0.578. The van der Waals surface area contributed by atoms with E-state index in [1.54, 1.807) is 15.5 Å². The Balaban J connectivity index is 1.32. The van der Waals surface area contributed by atoms with Crippen LogP contribution in [0.2, 0.25) is 0 Å². The molecule has 0 bridgehead atoms. The van der Waals surface area contributed by atoms with Crippen molar-refractivity contribution in [3.63, 3.8) is 0 Å². The molecule has 0 spiro atoms. The van der Waals surface area contributed by atoms with Gasteiger partial charge in [-0.3, -0.25) is 9.69 Å². The molecular formula is C22H34N4O5S2. The minimum atomic E-state index is -3.44. The van der Waals surface area contributed by atoms with Gasteiger partial charge in [0.2, 0.25) is 5.91 Å². The van der Waals surface area contributed by atoms with Gasteiger partial charge in [0.05, 0.1) is 18.7 Å². The molecule has 184 valence electrons. The van der Waals surface area contributed by atoms with Crippen LogP contribution in [0.15, 0.2) is 0 Å². The Kier molecular flexibility index (Phi) is 8.06. The number of ether oxygens (including phenoxy) is 1. The summed E-state index contributed by atoms with van der Waals surface area (Å²) in [5.41, 5.74) is 1.53. The summed E-state index contributed by atoms with van der Waals surface area (Å²) in [6, 6.07) is 0. The zero-order chi connectivity index (χ0) is 23.4. The molecule has 11 heteroatoms. The number of thiophene rings is 1. The molecule has 1 aromatic rings. The van der Waals surface area contributed by atoms with Crippen LogP contribution >= 0.6 is 11.3 Å². The van der Waals surface area contributed by atoms with E-state index in [2.05, 4.69) is 5.32 Å². The first kappa shape index (κ1) is 24.6. The third kappa shape index (κ3) is 5.59. The van der Waals surface area contributed by atoms with Crippen LogP contribution in [0.1, 0.15) is 59.8 Å². The van der Waals surface area contributed by atoms with Crippen molar-refractivity contribution in [2.45, 2.75) is 51.9 Å². The molecule has 2 saturated heterocycles. The zero-order valence-electron chi connectivity index (χ0n) is 19.3. The lowest BCUT2D eigenvalue weighted by Gasteiger charge is -2.36. The molecule has 2 fully saturated rings. The highest BCUT2D eigenvalue weighted by Gasteiger charge is 2.33. The standard InChI is InChI=1S/C22H34N4O5S2/c1-2-31-22(28)20-17-8-7-9-18(17)32-21(20)23-19(27)16-24-12-14-26(15-13-24)33(29,30)25-10-5-3-4-6-11-25/h2-16H2,1H3,(H,23,27). The van der Waals surface area contributed by atoms with E-state index in [0.29, 0.717) is 56.4 Å². The number of aryl methyl sites for hydroxylation is 1. The Morgan fingerprint density at radius 3 is 2.27 bits per heavy atom. The van der Waals surface area contributed by atoms with E-state index in [0.717, 1.165) is 55.4 Å². The number of carbonyl (C=O) groups is 2. The molecule has 1 aliphatic carbocycles. The number of carbonyl (C=O) groups excluding carboxylic acids is 2. The molecule has 3 aliphatic rings. The van der Waals surface area contributed by atoms with Crippen molar-refractivity contribution in [3.05, 3.63) is 16.0 Å². The van der Waals surface area contributed by atoms with Crippen LogP contribution in [0, 0.1) is 0 Å². The van der Waals surface area contributed by atoms with Gasteiger partial charge in [-0.05, 0) is 44.6 Å². The largest absolute Gasteiger partial charge is 0.462 e. The molecule has 3 heterocycles. The van der Waals surface area contributed by atoms with E-state index >= 15 is 0 Å². The summed E-state index contributed by atoms with van der Waals surface area (Å²) in [6.45, 7) is 5.20. The Morgan fingerprint density at radius 2 is 1.61 bits per heavy atom. The highest BCUT2D eigenvalue weighted by molar-refractivity contribution is 7.86. The fourth-order valence-corrected chi connectivity index (χ4v) is 7.80. The Bertz CT molecular complexity index is 962. The zero-order valence-corrected chi connectivity index (χ0v) is 20.9. The van der Waals surface area contributed by atoms with Crippen LogP contribution in [0.25, 0.3) is 0 Å². The van der Waals surface area contributed by atoms with Gasteiger partial charge in [-0.1, -0.05) is 12.8 Å². The van der Waals surface area contributed by atoms with Crippen molar-refractivity contribution in [2.75, 3.05) is 57.7 Å². The molecule has 0 aromatic carbocycles. The molecule has 33 heavy (non-hydrogen) atoms. The van der Waals surface area contributed by atoms with Crippen molar-refractivity contribution in [1.29, 1.82) is 0 Å². The third-order valence-corrected chi connectivity index (χ3v) is 9.81. The predicted molar refractivity (Wildman–Crippen MR) is 128 cm³/mol.